The molecule has 1 heterocycles. The van der Waals surface area contributed by atoms with Crippen molar-refractivity contribution in [1.82, 2.24) is 9.47 Å². The molecular weight excluding hydrogens is 208 g/mol. The zero-order valence-electron chi connectivity index (χ0n) is 9.51. The maximum absolute atomic E-state index is 11.6. The van der Waals surface area contributed by atoms with Crippen LogP contribution in [0.1, 0.15) is 5.56 Å². The summed E-state index contributed by atoms with van der Waals surface area (Å²) in [5, 5.41) is 8.69. The number of nitrogens with zero attached hydrogens (tertiary/aromatic N) is 2. The molecule has 1 rings (SSSR count). The zero-order chi connectivity index (χ0) is 12.1. The fourth-order valence-electron chi connectivity index (χ4n) is 1.32. The van der Waals surface area contributed by atoms with Crippen molar-refractivity contribution in [2.45, 2.75) is 13.5 Å². The van der Waals surface area contributed by atoms with Gasteiger partial charge < -0.3 is 14.6 Å². The summed E-state index contributed by atoms with van der Waals surface area (Å²) in [5.41, 5.74) is 0.452. The molecule has 0 saturated carbocycles. The Bertz CT molecular complexity index is 425. The second-order valence-corrected chi connectivity index (χ2v) is 3.66. The molecule has 0 aliphatic rings. The van der Waals surface area contributed by atoms with Gasteiger partial charge in [0.15, 0.2) is 0 Å². The fraction of sp³-hybridized carbons (Fsp3) is 0.455. The van der Waals surface area contributed by atoms with E-state index in [0.717, 1.165) is 0 Å². The maximum atomic E-state index is 11.6. The van der Waals surface area contributed by atoms with Crippen LogP contribution in [0.25, 0.3) is 0 Å². The minimum atomic E-state index is -0.193. The molecule has 0 aromatic carbocycles. The summed E-state index contributed by atoms with van der Waals surface area (Å²) in [4.78, 5) is 24.6. The van der Waals surface area contributed by atoms with Gasteiger partial charge in [-0.2, -0.15) is 0 Å². The number of carbonyl (C=O) groups is 1. The van der Waals surface area contributed by atoms with Crippen LogP contribution in [0.4, 0.5) is 0 Å². The van der Waals surface area contributed by atoms with E-state index in [9.17, 15) is 9.59 Å². The van der Waals surface area contributed by atoms with Crippen LogP contribution in [0.5, 0.6) is 0 Å². The Morgan fingerprint density at radius 2 is 2.25 bits per heavy atom. The number of hydrogen-bond donors (Lipinski definition) is 1. The molecule has 0 aliphatic heterocycles. The molecule has 0 atom stereocenters. The van der Waals surface area contributed by atoms with Gasteiger partial charge in [-0.05, 0) is 13.0 Å². The van der Waals surface area contributed by atoms with Crippen molar-refractivity contribution in [3.63, 3.8) is 0 Å². The lowest BCUT2D eigenvalue weighted by Gasteiger charge is -2.16. The third kappa shape index (κ3) is 2.93. The Kier molecular flexibility index (Phi) is 4.25. The monoisotopic (exact) mass is 224 g/mol. The van der Waals surface area contributed by atoms with Gasteiger partial charge in [0.1, 0.15) is 6.54 Å². The number of aromatic nitrogens is 1. The largest absolute Gasteiger partial charge is 0.395 e. The molecule has 1 aromatic heterocycles. The number of pyridine rings is 1. The van der Waals surface area contributed by atoms with Gasteiger partial charge in [-0.25, -0.2) is 0 Å². The first kappa shape index (κ1) is 12.4. The van der Waals surface area contributed by atoms with Gasteiger partial charge in [0.2, 0.25) is 5.91 Å². The quantitative estimate of drug-likeness (QED) is 0.757. The van der Waals surface area contributed by atoms with E-state index in [0.29, 0.717) is 5.56 Å². The number of carbonyl (C=O) groups excluding carboxylic acids is 1. The van der Waals surface area contributed by atoms with Crippen LogP contribution in [0.15, 0.2) is 23.1 Å². The topological polar surface area (TPSA) is 62.5 Å². The lowest BCUT2D eigenvalue weighted by atomic mass is 10.3. The zero-order valence-corrected chi connectivity index (χ0v) is 9.51. The highest BCUT2D eigenvalue weighted by Gasteiger charge is 2.09. The van der Waals surface area contributed by atoms with Crippen LogP contribution in [-0.4, -0.2) is 40.7 Å². The SMILES string of the molecule is Cc1cccn(CC(=O)N(C)CCO)c1=O. The minimum absolute atomic E-state index is 0.0109. The predicted molar refractivity (Wildman–Crippen MR) is 60.2 cm³/mol. The van der Waals surface area contributed by atoms with E-state index in [-0.39, 0.29) is 31.2 Å². The van der Waals surface area contributed by atoms with Crippen LogP contribution in [0, 0.1) is 6.92 Å². The van der Waals surface area contributed by atoms with E-state index < -0.39 is 0 Å². The van der Waals surface area contributed by atoms with Crippen LogP contribution < -0.4 is 5.56 Å². The Labute approximate surface area is 93.9 Å². The third-order valence-corrected chi connectivity index (χ3v) is 2.38. The molecule has 0 bridgehead atoms. The number of amides is 1. The second-order valence-electron chi connectivity index (χ2n) is 3.66. The van der Waals surface area contributed by atoms with E-state index in [1.165, 1.54) is 9.47 Å². The Hall–Kier alpha value is -1.62. The highest BCUT2D eigenvalue weighted by molar-refractivity contribution is 5.75. The molecule has 5 nitrogen and oxygen atoms in total. The lowest BCUT2D eigenvalue weighted by molar-refractivity contribution is -0.131. The molecule has 0 aliphatic carbocycles. The van der Waals surface area contributed by atoms with Gasteiger partial charge in [-0.1, -0.05) is 6.07 Å². The average molecular weight is 224 g/mol. The first-order valence-corrected chi connectivity index (χ1v) is 5.07. The van der Waals surface area contributed by atoms with E-state index in [4.69, 9.17) is 5.11 Å². The highest BCUT2D eigenvalue weighted by Crippen LogP contribution is 1.92. The summed E-state index contributed by atoms with van der Waals surface area (Å²) < 4.78 is 1.37. The average Bonchev–Trinajstić information content (AvgIpc) is 2.25. The van der Waals surface area contributed by atoms with E-state index >= 15 is 0 Å². The highest BCUT2D eigenvalue weighted by atomic mass is 16.3. The van der Waals surface area contributed by atoms with Gasteiger partial charge in [0.25, 0.3) is 5.56 Å². The van der Waals surface area contributed by atoms with Crippen molar-refractivity contribution < 1.29 is 9.90 Å². The molecule has 0 saturated heterocycles. The van der Waals surface area contributed by atoms with Gasteiger partial charge in [0.05, 0.1) is 6.61 Å². The lowest BCUT2D eigenvalue weighted by Crippen LogP contribution is -2.35. The number of rotatable bonds is 4. The van der Waals surface area contributed by atoms with E-state index in [2.05, 4.69) is 0 Å². The molecule has 88 valence electrons. The fourth-order valence-corrected chi connectivity index (χ4v) is 1.32. The van der Waals surface area contributed by atoms with Crippen molar-refractivity contribution in [1.29, 1.82) is 0 Å². The molecule has 0 fully saturated rings. The Morgan fingerprint density at radius 1 is 1.56 bits per heavy atom. The van der Waals surface area contributed by atoms with Gasteiger partial charge in [-0.3, -0.25) is 9.59 Å². The molecule has 1 aromatic rings. The summed E-state index contributed by atoms with van der Waals surface area (Å²) in [6.07, 6.45) is 1.58. The van der Waals surface area contributed by atoms with Crippen molar-refractivity contribution >= 4 is 5.91 Å². The summed E-state index contributed by atoms with van der Waals surface area (Å²) in [5.74, 6) is -0.193. The van der Waals surface area contributed by atoms with Crippen molar-refractivity contribution in [2.75, 3.05) is 20.2 Å². The van der Waals surface area contributed by atoms with Crippen molar-refractivity contribution in [2.24, 2.45) is 0 Å². The molecule has 0 spiro atoms. The van der Waals surface area contributed by atoms with Crippen molar-refractivity contribution in [3.05, 3.63) is 34.2 Å². The van der Waals surface area contributed by atoms with E-state index in [1.54, 1.807) is 32.3 Å². The van der Waals surface area contributed by atoms with Gasteiger partial charge in [-0.15, -0.1) is 0 Å². The van der Waals surface area contributed by atoms with Crippen LogP contribution in [-0.2, 0) is 11.3 Å². The predicted octanol–water partition coefficient (Wildman–Crippen LogP) is -0.393. The number of aliphatic hydroxyl groups excluding tert-OH is 1. The first-order valence-electron chi connectivity index (χ1n) is 5.07. The molecule has 0 radical (unpaired) electrons. The van der Waals surface area contributed by atoms with Gasteiger partial charge in [0, 0.05) is 25.4 Å². The molecular formula is C11H16N2O3. The van der Waals surface area contributed by atoms with Crippen LogP contribution in [0.2, 0.25) is 0 Å². The Balaban J connectivity index is 2.77. The minimum Gasteiger partial charge on any atom is -0.395 e. The number of aliphatic hydroxyl groups is 1. The third-order valence-electron chi connectivity index (χ3n) is 2.38. The first-order chi connectivity index (χ1) is 7.56. The molecule has 1 N–H and O–H groups in total. The molecule has 5 heteroatoms. The van der Waals surface area contributed by atoms with Gasteiger partial charge >= 0.3 is 0 Å². The summed E-state index contributed by atoms with van der Waals surface area (Å²) in [6, 6.07) is 3.44. The molecule has 0 unspecified atom stereocenters. The Morgan fingerprint density at radius 3 is 2.88 bits per heavy atom. The van der Waals surface area contributed by atoms with Crippen LogP contribution >= 0.6 is 0 Å². The smallest absolute Gasteiger partial charge is 0.253 e. The number of hydrogen-bond acceptors (Lipinski definition) is 3. The van der Waals surface area contributed by atoms with Crippen molar-refractivity contribution in [3.8, 4) is 0 Å². The summed E-state index contributed by atoms with van der Waals surface area (Å²) >= 11 is 0. The summed E-state index contributed by atoms with van der Waals surface area (Å²) in [7, 11) is 1.60. The number of aryl methyl sites for hydroxylation is 1. The molecule has 1 amide bonds. The standard InChI is InChI=1S/C11H16N2O3/c1-9-4-3-5-13(11(9)16)8-10(15)12(2)6-7-14/h3-5,14H,6-8H2,1-2H3. The van der Waals surface area contributed by atoms with Crippen LogP contribution in [0.3, 0.4) is 0 Å². The maximum Gasteiger partial charge on any atom is 0.253 e. The summed E-state index contributed by atoms with van der Waals surface area (Å²) in [6.45, 7) is 1.92. The number of likely N-dealkylation sites (N-methyl/N-ethyl adjacent to an activating group) is 1. The normalized spacial score (nSPS) is 10.2. The van der Waals surface area contributed by atoms with E-state index in [1.807, 2.05) is 0 Å². The second kappa shape index (κ2) is 5.46. The molecule has 16 heavy (non-hydrogen) atoms.